The third kappa shape index (κ3) is 6.11. The molecule has 0 bridgehead atoms. The second kappa shape index (κ2) is 9.33. The average molecular weight is 362 g/mol. The number of benzene rings is 2. The standard InChI is InChI=1S/C21H22N4O2/c1-17-7-10-20(11-8-17)27-14-13-22-21(26)12-9-19-16-25(24-23-19)15-18-5-3-2-4-6-18/h2-12,16H,13-15H2,1H3,(H,22,26)/b12-9+. The number of hydrogen-bond donors (Lipinski definition) is 1. The largest absolute Gasteiger partial charge is 0.492 e. The van der Waals surface area contributed by atoms with Crippen LogP contribution >= 0.6 is 0 Å². The van der Waals surface area contributed by atoms with E-state index in [4.69, 9.17) is 4.74 Å². The van der Waals surface area contributed by atoms with Gasteiger partial charge < -0.3 is 10.1 Å². The Labute approximate surface area is 158 Å². The van der Waals surface area contributed by atoms with Crippen molar-refractivity contribution in [2.45, 2.75) is 13.5 Å². The molecule has 0 atom stereocenters. The zero-order valence-electron chi connectivity index (χ0n) is 15.2. The van der Waals surface area contributed by atoms with Gasteiger partial charge in [0.2, 0.25) is 5.91 Å². The van der Waals surface area contributed by atoms with Crippen LogP contribution in [0.15, 0.2) is 66.9 Å². The van der Waals surface area contributed by atoms with Crippen molar-refractivity contribution >= 4 is 12.0 Å². The lowest BCUT2D eigenvalue weighted by atomic mass is 10.2. The Hall–Kier alpha value is -3.41. The van der Waals surface area contributed by atoms with Gasteiger partial charge in [-0.1, -0.05) is 53.2 Å². The van der Waals surface area contributed by atoms with Crippen molar-refractivity contribution in [2.24, 2.45) is 0 Å². The fourth-order valence-electron chi connectivity index (χ4n) is 2.44. The number of carbonyl (C=O) groups excluding carboxylic acids is 1. The van der Waals surface area contributed by atoms with Crippen LogP contribution in [0.25, 0.3) is 6.08 Å². The Balaban J connectivity index is 1.40. The van der Waals surface area contributed by atoms with Gasteiger partial charge in [0, 0.05) is 6.08 Å². The molecule has 6 nitrogen and oxygen atoms in total. The molecule has 6 heteroatoms. The molecule has 0 aliphatic rings. The van der Waals surface area contributed by atoms with E-state index in [9.17, 15) is 4.79 Å². The van der Waals surface area contributed by atoms with Gasteiger partial charge in [0.1, 0.15) is 18.1 Å². The van der Waals surface area contributed by atoms with Gasteiger partial charge in [0.25, 0.3) is 0 Å². The first kappa shape index (κ1) is 18.4. The van der Waals surface area contributed by atoms with E-state index in [1.54, 1.807) is 17.0 Å². The summed E-state index contributed by atoms with van der Waals surface area (Å²) in [4.78, 5) is 11.9. The maximum absolute atomic E-state index is 11.9. The van der Waals surface area contributed by atoms with Crippen LogP contribution in [0.1, 0.15) is 16.8 Å². The predicted octanol–water partition coefficient (Wildman–Crippen LogP) is 2.84. The zero-order valence-corrected chi connectivity index (χ0v) is 15.2. The molecule has 0 spiro atoms. The molecule has 0 aliphatic carbocycles. The molecule has 0 aliphatic heterocycles. The van der Waals surface area contributed by atoms with Crippen molar-refractivity contribution in [2.75, 3.05) is 13.2 Å². The van der Waals surface area contributed by atoms with Gasteiger partial charge in [-0.15, -0.1) is 5.10 Å². The fourth-order valence-corrected chi connectivity index (χ4v) is 2.44. The molecular weight excluding hydrogens is 340 g/mol. The number of nitrogens with zero attached hydrogens (tertiary/aromatic N) is 3. The molecule has 0 radical (unpaired) electrons. The van der Waals surface area contributed by atoms with Crippen LogP contribution in [0.5, 0.6) is 5.75 Å². The number of amides is 1. The van der Waals surface area contributed by atoms with Gasteiger partial charge in [0.05, 0.1) is 19.3 Å². The number of aromatic nitrogens is 3. The second-order valence-corrected chi connectivity index (χ2v) is 6.11. The van der Waals surface area contributed by atoms with Crippen LogP contribution < -0.4 is 10.1 Å². The Bertz CT molecular complexity index is 886. The summed E-state index contributed by atoms with van der Waals surface area (Å²) in [5.74, 6) is 0.598. The molecule has 0 saturated carbocycles. The van der Waals surface area contributed by atoms with Crippen molar-refractivity contribution in [3.8, 4) is 5.75 Å². The minimum absolute atomic E-state index is 0.194. The van der Waals surface area contributed by atoms with Crippen LogP contribution in [0.3, 0.4) is 0 Å². The van der Waals surface area contributed by atoms with E-state index >= 15 is 0 Å². The van der Waals surface area contributed by atoms with Crippen LogP contribution in [0.2, 0.25) is 0 Å². The Morgan fingerprint density at radius 3 is 2.70 bits per heavy atom. The topological polar surface area (TPSA) is 69.0 Å². The summed E-state index contributed by atoms with van der Waals surface area (Å²) in [6.45, 7) is 3.51. The molecule has 0 fully saturated rings. The number of ether oxygens (including phenoxy) is 1. The first-order chi connectivity index (χ1) is 13.2. The highest BCUT2D eigenvalue weighted by Crippen LogP contribution is 2.10. The molecule has 0 saturated heterocycles. The van der Waals surface area contributed by atoms with Gasteiger partial charge >= 0.3 is 0 Å². The highest BCUT2D eigenvalue weighted by atomic mass is 16.5. The van der Waals surface area contributed by atoms with E-state index in [1.165, 1.54) is 11.6 Å². The monoisotopic (exact) mass is 362 g/mol. The van der Waals surface area contributed by atoms with E-state index in [0.29, 0.717) is 25.4 Å². The lowest BCUT2D eigenvalue weighted by molar-refractivity contribution is -0.116. The summed E-state index contributed by atoms with van der Waals surface area (Å²) < 4.78 is 7.31. The van der Waals surface area contributed by atoms with Crippen molar-refractivity contribution in [1.29, 1.82) is 0 Å². The second-order valence-electron chi connectivity index (χ2n) is 6.11. The van der Waals surface area contributed by atoms with Crippen LogP contribution in [0.4, 0.5) is 0 Å². The van der Waals surface area contributed by atoms with Gasteiger partial charge in [-0.05, 0) is 30.7 Å². The number of aryl methyl sites for hydroxylation is 1. The number of rotatable bonds is 8. The van der Waals surface area contributed by atoms with Crippen molar-refractivity contribution < 1.29 is 9.53 Å². The summed E-state index contributed by atoms with van der Waals surface area (Å²) in [5, 5.41) is 10.9. The van der Waals surface area contributed by atoms with Gasteiger partial charge in [-0.3, -0.25) is 4.79 Å². The van der Waals surface area contributed by atoms with E-state index < -0.39 is 0 Å². The molecule has 3 aromatic rings. The minimum atomic E-state index is -0.194. The molecule has 27 heavy (non-hydrogen) atoms. The van der Waals surface area contributed by atoms with E-state index in [0.717, 1.165) is 11.3 Å². The summed E-state index contributed by atoms with van der Waals surface area (Å²) in [5.41, 5.74) is 2.96. The summed E-state index contributed by atoms with van der Waals surface area (Å²) in [6, 6.07) is 17.8. The highest BCUT2D eigenvalue weighted by molar-refractivity contribution is 5.91. The fraction of sp³-hybridized carbons (Fsp3) is 0.190. The number of hydrogen-bond acceptors (Lipinski definition) is 4. The molecule has 1 N–H and O–H groups in total. The normalized spacial score (nSPS) is 10.9. The third-order valence-electron chi connectivity index (χ3n) is 3.84. The molecule has 0 unspecified atom stereocenters. The molecule has 3 rings (SSSR count). The maximum atomic E-state index is 11.9. The molecule has 1 aromatic heterocycles. The highest BCUT2D eigenvalue weighted by Gasteiger charge is 2.01. The minimum Gasteiger partial charge on any atom is -0.492 e. The van der Waals surface area contributed by atoms with Crippen LogP contribution in [-0.2, 0) is 11.3 Å². The average Bonchev–Trinajstić information content (AvgIpc) is 3.13. The first-order valence-electron chi connectivity index (χ1n) is 8.78. The van der Waals surface area contributed by atoms with Crippen molar-refractivity contribution in [1.82, 2.24) is 20.3 Å². The number of carbonyl (C=O) groups is 1. The summed E-state index contributed by atoms with van der Waals surface area (Å²) >= 11 is 0. The predicted molar refractivity (Wildman–Crippen MR) is 104 cm³/mol. The van der Waals surface area contributed by atoms with Gasteiger partial charge in [-0.2, -0.15) is 0 Å². The zero-order chi connectivity index (χ0) is 18.9. The van der Waals surface area contributed by atoms with Crippen LogP contribution in [0, 0.1) is 6.92 Å². The first-order valence-corrected chi connectivity index (χ1v) is 8.78. The molecule has 138 valence electrons. The van der Waals surface area contributed by atoms with Gasteiger partial charge in [-0.25, -0.2) is 4.68 Å². The smallest absolute Gasteiger partial charge is 0.244 e. The SMILES string of the molecule is Cc1ccc(OCCNC(=O)/C=C/c2cn(Cc3ccccc3)nn2)cc1. The Morgan fingerprint density at radius 1 is 1.15 bits per heavy atom. The quantitative estimate of drug-likeness (QED) is 0.494. The lowest BCUT2D eigenvalue weighted by Gasteiger charge is -2.06. The molecule has 1 amide bonds. The Morgan fingerprint density at radius 2 is 1.93 bits per heavy atom. The summed E-state index contributed by atoms with van der Waals surface area (Å²) in [6.07, 6.45) is 4.89. The Kier molecular flexibility index (Phi) is 6.35. The van der Waals surface area contributed by atoms with Crippen molar-refractivity contribution in [3.05, 3.63) is 83.7 Å². The van der Waals surface area contributed by atoms with Crippen LogP contribution in [-0.4, -0.2) is 34.1 Å². The molecule has 2 aromatic carbocycles. The molecular formula is C21H22N4O2. The summed E-state index contributed by atoms with van der Waals surface area (Å²) in [7, 11) is 0. The van der Waals surface area contributed by atoms with E-state index in [1.807, 2.05) is 61.5 Å². The third-order valence-corrected chi connectivity index (χ3v) is 3.84. The number of nitrogens with one attached hydrogen (secondary N) is 1. The van der Waals surface area contributed by atoms with E-state index in [-0.39, 0.29) is 5.91 Å². The lowest BCUT2D eigenvalue weighted by Crippen LogP contribution is -2.26. The van der Waals surface area contributed by atoms with Crippen molar-refractivity contribution in [3.63, 3.8) is 0 Å². The molecule has 1 heterocycles. The maximum Gasteiger partial charge on any atom is 0.244 e. The van der Waals surface area contributed by atoms with Gasteiger partial charge in [0.15, 0.2) is 0 Å². The van der Waals surface area contributed by atoms with E-state index in [2.05, 4.69) is 15.6 Å².